The van der Waals surface area contributed by atoms with Crippen molar-refractivity contribution < 1.29 is 21.6 Å². The molecule has 0 spiro atoms. The molecule has 0 saturated carbocycles. The molecule has 0 bridgehead atoms. The lowest BCUT2D eigenvalue weighted by atomic mass is 10.4. The van der Waals surface area contributed by atoms with Crippen LogP contribution in [0.3, 0.4) is 0 Å². The van der Waals surface area contributed by atoms with Gasteiger partial charge in [0, 0.05) is 13.0 Å². The lowest BCUT2D eigenvalue weighted by molar-refractivity contribution is -0.121. The highest BCUT2D eigenvalue weighted by Crippen LogP contribution is 2.12. The molecule has 0 aliphatic heterocycles. The van der Waals surface area contributed by atoms with E-state index in [-0.39, 0.29) is 18.0 Å². The molecule has 0 fully saturated rings. The Bertz CT molecular complexity index is 314. The Hall–Kier alpha value is -0.450. The molecule has 5 nitrogen and oxygen atoms in total. The molecule has 0 aromatic heterocycles. The second kappa shape index (κ2) is 5.58. The third-order valence-corrected chi connectivity index (χ3v) is 2.44. The van der Waals surface area contributed by atoms with E-state index in [1.54, 1.807) is 0 Å². The van der Waals surface area contributed by atoms with Crippen molar-refractivity contribution in [2.24, 2.45) is 5.73 Å². The van der Waals surface area contributed by atoms with E-state index in [4.69, 9.17) is 5.73 Å². The molecule has 4 N–H and O–H groups in total. The first-order valence-corrected chi connectivity index (χ1v) is 5.61. The van der Waals surface area contributed by atoms with Gasteiger partial charge in [0.05, 0.1) is 4.99 Å². The summed E-state index contributed by atoms with van der Waals surface area (Å²) in [6.45, 7) is -1.75. The fraction of sp³-hybridized carbons (Fsp3) is 0.800. The number of hydrogen-bond acceptors (Lipinski definition) is 3. The summed E-state index contributed by atoms with van der Waals surface area (Å²) in [5, 5.41) is 0. The molecule has 0 saturated heterocycles. The molecule has 0 atom stereocenters. The van der Waals surface area contributed by atoms with Crippen LogP contribution in [-0.2, 0) is 10.2 Å². The van der Waals surface area contributed by atoms with Crippen molar-refractivity contribution in [1.29, 1.82) is 0 Å². The summed E-state index contributed by atoms with van der Waals surface area (Å²) in [6.07, 6.45) is -4.50. The fourth-order valence-electron chi connectivity index (χ4n) is 0.536. The molecule has 0 aliphatic rings. The summed E-state index contributed by atoms with van der Waals surface area (Å²) in [5.74, 6) is 0. The maximum atomic E-state index is 11.6. The van der Waals surface area contributed by atoms with E-state index in [0.29, 0.717) is 0 Å². The van der Waals surface area contributed by atoms with Gasteiger partial charge in [0.1, 0.15) is 6.54 Å². The third kappa shape index (κ3) is 9.85. The average Bonchev–Trinajstić information content (AvgIpc) is 1.99. The Labute approximate surface area is 90.4 Å². The first-order chi connectivity index (χ1) is 6.62. The highest BCUT2D eigenvalue weighted by atomic mass is 32.2. The first-order valence-electron chi connectivity index (χ1n) is 3.72. The minimum absolute atomic E-state index is 0.0773. The molecular weight excluding hydrogens is 255 g/mol. The van der Waals surface area contributed by atoms with Gasteiger partial charge in [-0.05, 0) is 0 Å². The number of thiocarbonyl (C=S) groups is 1. The molecular formula is C5H10F3N3O2S2. The minimum atomic E-state index is -4.59. The Balaban J connectivity index is 3.94. The van der Waals surface area contributed by atoms with Gasteiger partial charge in [-0.15, -0.1) is 0 Å². The van der Waals surface area contributed by atoms with E-state index < -0.39 is 22.9 Å². The van der Waals surface area contributed by atoms with Gasteiger partial charge in [0.15, 0.2) is 0 Å². The topological polar surface area (TPSA) is 84.2 Å². The van der Waals surface area contributed by atoms with Gasteiger partial charge in [-0.3, -0.25) is 0 Å². The Kier molecular flexibility index (Phi) is 5.42. The number of alkyl halides is 3. The maximum Gasteiger partial charge on any atom is 0.402 e. The van der Waals surface area contributed by atoms with Crippen LogP contribution in [0.25, 0.3) is 0 Å². The van der Waals surface area contributed by atoms with Crippen molar-refractivity contribution in [3.8, 4) is 0 Å². The summed E-state index contributed by atoms with van der Waals surface area (Å²) in [5.41, 5.74) is 5.06. The van der Waals surface area contributed by atoms with Gasteiger partial charge >= 0.3 is 6.18 Å². The van der Waals surface area contributed by atoms with E-state index in [1.807, 2.05) is 4.72 Å². The van der Waals surface area contributed by atoms with E-state index in [1.165, 1.54) is 4.72 Å². The molecule has 0 radical (unpaired) electrons. The molecule has 90 valence electrons. The second-order valence-electron chi connectivity index (χ2n) is 2.55. The zero-order valence-electron chi connectivity index (χ0n) is 7.47. The van der Waals surface area contributed by atoms with Crippen LogP contribution in [0.15, 0.2) is 0 Å². The van der Waals surface area contributed by atoms with Crippen LogP contribution < -0.4 is 15.2 Å². The SMILES string of the molecule is NC(=S)CCNS(=O)(=O)NCC(F)(F)F. The Morgan fingerprint density at radius 1 is 1.33 bits per heavy atom. The van der Waals surface area contributed by atoms with Crippen LogP contribution in [0, 0.1) is 0 Å². The van der Waals surface area contributed by atoms with E-state index >= 15 is 0 Å². The van der Waals surface area contributed by atoms with Crippen molar-refractivity contribution in [3.05, 3.63) is 0 Å². The van der Waals surface area contributed by atoms with Gasteiger partial charge in [0.25, 0.3) is 10.2 Å². The normalized spacial score (nSPS) is 12.7. The third-order valence-electron chi connectivity index (χ3n) is 1.13. The summed E-state index contributed by atoms with van der Waals surface area (Å²) < 4.78 is 59.8. The second-order valence-corrected chi connectivity index (χ2v) is 4.66. The molecule has 0 aromatic carbocycles. The summed E-state index contributed by atoms with van der Waals surface area (Å²) in [6, 6.07) is 0. The summed E-state index contributed by atoms with van der Waals surface area (Å²) >= 11 is 4.45. The van der Waals surface area contributed by atoms with Crippen LogP contribution in [0.2, 0.25) is 0 Å². The van der Waals surface area contributed by atoms with Gasteiger partial charge in [0.2, 0.25) is 0 Å². The monoisotopic (exact) mass is 265 g/mol. The zero-order valence-corrected chi connectivity index (χ0v) is 9.10. The smallest absolute Gasteiger partial charge is 0.393 e. The lowest BCUT2D eigenvalue weighted by Gasteiger charge is -2.09. The maximum absolute atomic E-state index is 11.6. The number of nitrogens with two attached hydrogens (primary N) is 1. The highest BCUT2D eigenvalue weighted by Gasteiger charge is 2.29. The van der Waals surface area contributed by atoms with Crippen molar-refractivity contribution in [2.75, 3.05) is 13.1 Å². The van der Waals surface area contributed by atoms with Crippen LogP contribution >= 0.6 is 12.2 Å². The highest BCUT2D eigenvalue weighted by molar-refractivity contribution is 7.87. The van der Waals surface area contributed by atoms with Crippen LogP contribution in [0.5, 0.6) is 0 Å². The quantitative estimate of drug-likeness (QED) is 0.573. The van der Waals surface area contributed by atoms with Crippen molar-refractivity contribution >= 4 is 27.4 Å². The Morgan fingerprint density at radius 2 is 1.87 bits per heavy atom. The number of hydrogen-bond donors (Lipinski definition) is 3. The number of nitrogens with one attached hydrogen (secondary N) is 2. The molecule has 0 aromatic rings. The van der Waals surface area contributed by atoms with Crippen molar-refractivity contribution in [1.82, 2.24) is 9.44 Å². The largest absolute Gasteiger partial charge is 0.402 e. The van der Waals surface area contributed by atoms with Gasteiger partial charge in [-0.25, -0.2) is 4.72 Å². The fourth-order valence-corrected chi connectivity index (χ4v) is 1.47. The van der Waals surface area contributed by atoms with Crippen molar-refractivity contribution in [3.63, 3.8) is 0 Å². The summed E-state index contributed by atoms with van der Waals surface area (Å²) in [7, 11) is -4.15. The number of rotatable bonds is 6. The van der Waals surface area contributed by atoms with Gasteiger partial charge < -0.3 is 5.73 Å². The molecule has 0 aliphatic carbocycles. The van der Waals surface area contributed by atoms with E-state index in [9.17, 15) is 21.6 Å². The molecule has 10 heteroatoms. The average molecular weight is 265 g/mol. The predicted octanol–water partition coefficient (Wildman–Crippen LogP) is -0.351. The molecule has 0 amide bonds. The van der Waals surface area contributed by atoms with Crippen LogP contribution in [0.4, 0.5) is 13.2 Å². The molecule has 0 unspecified atom stereocenters. The van der Waals surface area contributed by atoms with Gasteiger partial charge in [-0.1, -0.05) is 12.2 Å². The van der Waals surface area contributed by atoms with Gasteiger partial charge in [-0.2, -0.15) is 26.3 Å². The molecule has 0 heterocycles. The standard InChI is InChI=1S/C5H10F3N3O2S2/c6-5(7,8)3-11-15(12,13)10-2-1-4(9)14/h10-11H,1-3H2,(H2,9,14). The van der Waals surface area contributed by atoms with Crippen LogP contribution in [-0.4, -0.2) is 32.7 Å². The van der Waals surface area contributed by atoms with Crippen molar-refractivity contribution in [2.45, 2.75) is 12.6 Å². The Morgan fingerprint density at radius 3 is 2.27 bits per heavy atom. The lowest BCUT2D eigenvalue weighted by Crippen LogP contribution is -2.42. The number of halogens is 3. The molecule has 15 heavy (non-hydrogen) atoms. The minimum Gasteiger partial charge on any atom is -0.393 e. The predicted molar refractivity (Wildman–Crippen MR) is 52.4 cm³/mol. The molecule has 0 rings (SSSR count). The van der Waals surface area contributed by atoms with Crippen LogP contribution in [0.1, 0.15) is 6.42 Å². The summed E-state index contributed by atoms with van der Waals surface area (Å²) in [4.78, 5) is 0.0773. The first kappa shape index (κ1) is 14.6. The van der Waals surface area contributed by atoms with E-state index in [0.717, 1.165) is 0 Å². The van der Waals surface area contributed by atoms with E-state index in [2.05, 4.69) is 12.2 Å². The zero-order chi connectivity index (χ0) is 12.1.